The Morgan fingerprint density at radius 3 is 2.76 bits per heavy atom. The van der Waals surface area contributed by atoms with Crippen LogP contribution in [-0.4, -0.2) is 6.54 Å². The Bertz CT molecular complexity index is 578. The van der Waals surface area contributed by atoms with E-state index in [0.717, 1.165) is 34.8 Å². The van der Waals surface area contributed by atoms with Crippen molar-refractivity contribution in [3.05, 3.63) is 51.9 Å². The average Bonchev–Trinajstić information content (AvgIpc) is 2.78. The van der Waals surface area contributed by atoms with E-state index in [9.17, 15) is 0 Å². The normalized spacial score (nSPS) is 11.1. The van der Waals surface area contributed by atoms with E-state index in [1.165, 1.54) is 5.56 Å². The Kier molecular flexibility index (Phi) is 5.88. The molecule has 0 saturated heterocycles. The zero-order chi connectivity index (χ0) is 15.2. The third-order valence-electron chi connectivity index (χ3n) is 3.15. The van der Waals surface area contributed by atoms with Crippen molar-refractivity contribution in [2.24, 2.45) is 5.92 Å². The fourth-order valence-electron chi connectivity index (χ4n) is 2.04. The minimum Gasteiger partial charge on any atom is -0.484 e. The van der Waals surface area contributed by atoms with Crippen molar-refractivity contribution in [2.45, 2.75) is 33.9 Å². The predicted octanol–water partition coefficient (Wildman–Crippen LogP) is 4.68. The minimum atomic E-state index is 0.438. The molecule has 1 aromatic carbocycles. The van der Waals surface area contributed by atoms with Crippen LogP contribution in [0.25, 0.3) is 0 Å². The summed E-state index contributed by atoms with van der Waals surface area (Å²) in [5.74, 6) is 3.28. The van der Waals surface area contributed by atoms with E-state index in [-0.39, 0.29) is 0 Å². The number of aryl methyl sites for hydroxylation is 1. The first-order valence-corrected chi connectivity index (χ1v) is 8.01. The number of benzene rings is 1. The highest BCUT2D eigenvalue weighted by atomic mass is 79.9. The van der Waals surface area contributed by atoms with Crippen molar-refractivity contribution in [1.82, 2.24) is 5.32 Å². The Hall–Kier alpha value is -1.26. The molecule has 0 amide bonds. The van der Waals surface area contributed by atoms with Gasteiger partial charge in [0.15, 0.2) is 0 Å². The van der Waals surface area contributed by atoms with Crippen molar-refractivity contribution in [3.63, 3.8) is 0 Å². The van der Waals surface area contributed by atoms with E-state index in [4.69, 9.17) is 9.15 Å². The molecule has 114 valence electrons. The number of hydrogen-bond donors (Lipinski definition) is 1. The number of halogens is 1. The SMILES string of the molecule is Cc1oc(COc2ccccc2Br)cc1CNCC(C)C. The molecule has 0 fully saturated rings. The van der Waals surface area contributed by atoms with E-state index < -0.39 is 0 Å². The Balaban J connectivity index is 1.91. The van der Waals surface area contributed by atoms with Gasteiger partial charge in [-0.15, -0.1) is 0 Å². The first-order chi connectivity index (χ1) is 10.1. The van der Waals surface area contributed by atoms with Crippen molar-refractivity contribution >= 4 is 15.9 Å². The topological polar surface area (TPSA) is 34.4 Å². The molecule has 0 radical (unpaired) electrons. The summed E-state index contributed by atoms with van der Waals surface area (Å²) in [6, 6.07) is 9.88. The number of rotatable bonds is 7. The van der Waals surface area contributed by atoms with Gasteiger partial charge in [0.25, 0.3) is 0 Å². The van der Waals surface area contributed by atoms with Crippen LogP contribution in [0.15, 0.2) is 39.2 Å². The van der Waals surface area contributed by atoms with Gasteiger partial charge in [-0.25, -0.2) is 0 Å². The Morgan fingerprint density at radius 1 is 1.29 bits per heavy atom. The molecule has 0 bridgehead atoms. The maximum Gasteiger partial charge on any atom is 0.146 e. The van der Waals surface area contributed by atoms with Gasteiger partial charge in [0.2, 0.25) is 0 Å². The number of para-hydroxylation sites is 1. The molecule has 0 aliphatic rings. The maximum absolute atomic E-state index is 5.77. The van der Waals surface area contributed by atoms with Gasteiger partial charge in [-0.05, 0) is 53.5 Å². The first kappa shape index (κ1) is 16.1. The summed E-state index contributed by atoms with van der Waals surface area (Å²) in [4.78, 5) is 0. The van der Waals surface area contributed by atoms with E-state index >= 15 is 0 Å². The molecular formula is C17H22BrNO2. The molecule has 2 rings (SSSR count). The number of nitrogens with one attached hydrogen (secondary N) is 1. The number of furan rings is 1. The third-order valence-corrected chi connectivity index (χ3v) is 3.80. The lowest BCUT2D eigenvalue weighted by Crippen LogP contribution is -2.18. The van der Waals surface area contributed by atoms with E-state index in [0.29, 0.717) is 12.5 Å². The largest absolute Gasteiger partial charge is 0.484 e. The Morgan fingerprint density at radius 2 is 2.05 bits per heavy atom. The molecule has 21 heavy (non-hydrogen) atoms. The van der Waals surface area contributed by atoms with Gasteiger partial charge in [-0.2, -0.15) is 0 Å². The molecule has 0 spiro atoms. The van der Waals surface area contributed by atoms with Gasteiger partial charge in [0, 0.05) is 12.1 Å². The molecule has 0 aliphatic carbocycles. The summed E-state index contributed by atoms with van der Waals surface area (Å²) >= 11 is 3.47. The lowest BCUT2D eigenvalue weighted by molar-refractivity contribution is 0.266. The smallest absolute Gasteiger partial charge is 0.146 e. The number of ether oxygens (including phenoxy) is 1. The van der Waals surface area contributed by atoms with Crippen molar-refractivity contribution in [2.75, 3.05) is 6.54 Å². The average molecular weight is 352 g/mol. The van der Waals surface area contributed by atoms with E-state index in [1.807, 2.05) is 31.2 Å². The Labute approximate surface area is 134 Å². The zero-order valence-electron chi connectivity index (χ0n) is 12.8. The molecule has 0 unspecified atom stereocenters. The lowest BCUT2D eigenvalue weighted by atomic mass is 10.2. The van der Waals surface area contributed by atoms with Gasteiger partial charge in [0.1, 0.15) is 23.9 Å². The second-order valence-corrected chi connectivity index (χ2v) is 6.39. The second kappa shape index (κ2) is 7.66. The van der Waals surface area contributed by atoms with Gasteiger partial charge in [-0.1, -0.05) is 26.0 Å². The molecule has 0 saturated carbocycles. The van der Waals surface area contributed by atoms with Crippen LogP contribution in [0, 0.1) is 12.8 Å². The quantitative estimate of drug-likeness (QED) is 0.786. The summed E-state index contributed by atoms with van der Waals surface area (Å²) < 4.78 is 12.5. The van der Waals surface area contributed by atoms with Crippen LogP contribution in [0.5, 0.6) is 5.75 Å². The fraction of sp³-hybridized carbons (Fsp3) is 0.412. The summed E-state index contributed by atoms with van der Waals surface area (Å²) in [7, 11) is 0. The molecule has 1 aromatic heterocycles. The molecule has 1 heterocycles. The van der Waals surface area contributed by atoms with Crippen molar-refractivity contribution < 1.29 is 9.15 Å². The predicted molar refractivity (Wildman–Crippen MR) is 88.5 cm³/mol. The van der Waals surface area contributed by atoms with Crippen LogP contribution < -0.4 is 10.1 Å². The molecule has 2 aromatic rings. The molecule has 0 atom stereocenters. The van der Waals surface area contributed by atoms with Crippen LogP contribution in [0.1, 0.15) is 30.9 Å². The molecule has 3 nitrogen and oxygen atoms in total. The summed E-state index contributed by atoms with van der Waals surface area (Å²) in [6.07, 6.45) is 0. The monoisotopic (exact) mass is 351 g/mol. The van der Waals surface area contributed by atoms with E-state index in [2.05, 4.69) is 41.2 Å². The molecule has 4 heteroatoms. The molecule has 1 N–H and O–H groups in total. The van der Waals surface area contributed by atoms with Crippen LogP contribution in [0.4, 0.5) is 0 Å². The van der Waals surface area contributed by atoms with E-state index in [1.54, 1.807) is 0 Å². The van der Waals surface area contributed by atoms with Crippen LogP contribution in [0.3, 0.4) is 0 Å². The van der Waals surface area contributed by atoms with Gasteiger partial charge < -0.3 is 14.5 Å². The highest BCUT2D eigenvalue weighted by Crippen LogP contribution is 2.25. The molecule has 0 aliphatic heterocycles. The van der Waals surface area contributed by atoms with Gasteiger partial charge in [-0.3, -0.25) is 0 Å². The van der Waals surface area contributed by atoms with Crippen molar-refractivity contribution in [1.29, 1.82) is 0 Å². The summed E-state index contributed by atoms with van der Waals surface area (Å²) in [5.41, 5.74) is 1.20. The molecular weight excluding hydrogens is 330 g/mol. The first-order valence-electron chi connectivity index (χ1n) is 7.22. The third kappa shape index (κ3) is 4.90. The second-order valence-electron chi connectivity index (χ2n) is 5.54. The van der Waals surface area contributed by atoms with Crippen LogP contribution in [0.2, 0.25) is 0 Å². The summed E-state index contributed by atoms with van der Waals surface area (Å²) in [6.45, 7) is 8.68. The van der Waals surface area contributed by atoms with Gasteiger partial charge >= 0.3 is 0 Å². The highest BCUT2D eigenvalue weighted by Gasteiger charge is 2.09. The zero-order valence-corrected chi connectivity index (χ0v) is 14.4. The van der Waals surface area contributed by atoms with Crippen molar-refractivity contribution in [3.8, 4) is 5.75 Å². The summed E-state index contributed by atoms with van der Waals surface area (Å²) in [5, 5.41) is 3.43. The van der Waals surface area contributed by atoms with Crippen LogP contribution >= 0.6 is 15.9 Å². The fourth-order valence-corrected chi connectivity index (χ4v) is 2.44. The maximum atomic E-state index is 5.77. The highest BCUT2D eigenvalue weighted by molar-refractivity contribution is 9.10. The van der Waals surface area contributed by atoms with Gasteiger partial charge in [0.05, 0.1) is 4.47 Å². The van der Waals surface area contributed by atoms with Crippen LogP contribution in [-0.2, 0) is 13.2 Å². The minimum absolute atomic E-state index is 0.438. The lowest BCUT2D eigenvalue weighted by Gasteiger charge is -2.06. The number of hydrogen-bond acceptors (Lipinski definition) is 3. The standard InChI is InChI=1S/C17H22BrNO2/c1-12(2)9-19-10-14-8-15(21-13(14)3)11-20-17-7-5-4-6-16(17)18/h4-8,12,19H,9-11H2,1-3H3.